The molecule has 0 saturated heterocycles. The summed E-state index contributed by atoms with van der Waals surface area (Å²) in [7, 11) is 0. The highest BCUT2D eigenvalue weighted by atomic mass is 16.6. The number of carboxylic acids is 1. The molecule has 0 bridgehead atoms. The molecule has 3 rings (SSSR count). The van der Waals surface area contributed by atoms with Crippen molar-refractivity contribution in [2.45, 2.75) is 37.6 Å². The first kappa shape index (κ1) is 32.0. The number of unbranched alkanes of at least 4 members (excludes halogenated alkanes) is 1. The maximum absolute atomic E-state index is 12.3. The number of rotatable bonds is 20. The predicted molar refractivity (Wildman–Crippen MR) is 153 cm³/mol. The fourth-order valence-electron chi connectivity index (χ4n) is 4.54. The van der Waals surface area contributed by atoms with Gasteiger partial charge in [-0.3, -0.25) is 9.59 Å². The van der Waals surface area contributed by atoms with Crippen LogP contribution in [0.15, 0.2) is 48.5 Å². The van der Waals surface area contributed by atoms with E-state index in [1.807, 2.05) is 24.3 Å². The number of carboxylic acid groups (broad SMARTS) is 1. The molecule has 0 fully saturated rings. The minimum atomic E-state index is -0.895. The maximum Gasteiger partial charge on any atom is 0.407 e. The van der Waals surface area contributed by atoms with Crippen LogP contribution in [0.2, 0.25) is 0 Å². The summed E-state index contributed by atoms with van der Waals surface area (Å²) in [5.74, 6) is -1.12. The summed E-state index contributed by atoms with van der Waals surface area (Å²) in [6, 6.07) is 15.8. The number of hydrogen-bond donors (Lipinski definition) is 4. The van der Waals surface area contributed by atoms with E-state index >= 15 is 0 Å². The molecule has 1 atom stereocenters. The fourth-order valence-corrected chi connectivity index (χ4v) is 4.54. The number of benzene rings is 2. The number of amides is 2. The van der Waals surface area contributed by atoms with Crippen molar-refractivity contribution in [2.75, 3.05) is 59.3 Å². The number of carbonyl (C=O) groups is 3. The van der Waals surface area contributed by atoms with Gasteiger partial charge >= 0.3 is 12.1 Å². The number of nitrogens with one attached hydrogen (secondary N) is 2. The molecule has 41 heavy (non-hydrogen) atoms. The van der Waals surface area contributed by atoms with Crippen LogP contribution in [-0.4, -0.2) is 88.5 Å². The van der Waals surface area contributed by atoms with Crippen molar-refractivity contribution in [3.63, 3.8) is 0 Å². The third-order valence-corrected chi connectivity index (χ3v) is 6.64. The van der Waals surface area contributed by atoms with E-state index in [0.29, 0.717) is 65.4 Å². The van der Waals surface area contributed by atoms with Crippen molar-refractivity contribution < 1.29 is 38.4 Å². The molecule has 1 aliphatic carbocycles. The Balaban J connectivity index is 1.16. The first-order valence-corrected chi connectivity index (χ1v) is 14.0. The van der Waals surface area contributed by atoms with E-state index < -0.39 is 18.1 Å². The van der Waals surface area contributed by atoms with Gasteiger partial charge in [0.25, 0.3) is 0 Å². The first-order chi connectivity index (χ1) is 20.0. The van der Waals surface area contributed by atoms with Crippen molar-refractivity contribution in [2.24, 2.45) is 5.73 Å². The molecule has 2 aromatic rings. The lowest BCUT2D eigenvalue weighted by molar-refractivity contribution is -0.138. The van der Waals surface area contributed by atoms with Gasteiger partial charge < -0.3 is 40.4 Å². The third-order valence-electron chi connectivity index (χ3n) is 6.64. The van der Waals surface area contributed by atoms with Gasteiger partial charge in [0, 0.05) is 19.0 Å². The number of nitrogens with two attached hydrogens (primary N) is 1. The Morgan fingerprint density at radius 1 is 0.780 bits per heavy atom. The Morgan fingerprint density at radius 3 is 2.00 bits per heavy atom. The molecule has 5 N–H and O–H groups in total. The van der Waals surface area contributed by atoms with E-state index in [9.17, 15) is 14.4 Å². The molecule has 224 valence electrons. The van der Waals surface area contributed by atoms with Crippen molar-refractivity contribution in [1.82, 2.24) is 10.6 Å². The van der Waals surface area contributed by atoms with Gasteiger partial charge in [-0.15, -0.1) is 0 Å². The largest absolute Gasteiger partial charge is 0.481 e. The minimum Gasteiger partial charge on any atom is -0.481 e. The second-order valence-electron chi connectivity index (χ2n) is 9.63. The summed E-state index contributed by atoms with van der Waals surface area (Å²) in [5, 5.41) is 14.0. The van der Waals surface area contributed by atoms with Crippen LogP contribution in [0.4, 0.5) is 4.79 Å². The topological polar surface area (TPSA) is 158 Å². The van der Waals surface area contributed by atoms with Gasteiger partial charge in [0.15, 0.2) is 0 Å². The zero-order valence-corrected chi connectivity index (χ0v) is 23.3. The van der Waals surface area contributed by atoms with Crippen molar-refractivity contribution in [1.29, 1.82) is 0 Å². The Hall–Kier alpha value is -3.51. The van der Waals surface area contributed by atoms with Gasteiger partial charge in [-0.25, -0.2) is 4.79 Å². The summed E-state index contributed by atoms with van der Waals surface area (Å²) in [6.07, 6.45) is 1.38. The van der Waals surface area contributed by atoms with Crippen LogP contribution in [0, 0.1) is 0 Å². The van der Waals surface area contributed by atoms with E-state index in [4.69, 9.17) is 29.8 Å². The predicted octanol–water partition coefficient (Wildman–Crippen LogP) is 2.66. The monoisotopic (exact) mass is 571 g/mol. The molecule has 0 saturated carbocycles. The van der Waals surface area contributed by atoms with E-state index in [1.54, 1.807) is 0 Å². The molecule has 0 aliphatic heterocycles. The van der Waals surface area contributed by atoms with Crippen LogP contribution in [0.5, 0.6) is 0 Å². The summed E-state index contributed by atoms with van der Waals surface area (Å²) >= 11 is 0. The van der Waals surface area contributed by atoms with Gasteiger partial charge in [0.1, 0.15) is 6.61 Å². The van der Waals surface area contributed by atoms with Crippen LogP contribution >= 0.6 is 0 Å². The second kappa shape index (κ2) is 18.0. The normalized spacial score (nSPS) is 12.8. The van der Waals surface area contributed by atoms with Crippen LogP contribution in [0.1, 0.15) is 42.7 Å². The zero-order valence-electron chi connectivity index (χ0n) is 23.3. The summed E-state index contributed by atoms with van der Waals surface area (Å²) in [4.78, 5) is 34.8. The van der Waals surface area contributed by atoms with E-state index in [0.717, 1.165) is 0 Å². The molecular formula is C30H41N3O8. The van der Waals surface area contributed by atoms with E-state index in [-0.39, 0.29) is 31.5 Å². The van der Waals surface area contributed by atoms with Crippen LogP contribution < -0.4 is 16.4 Å². The van der Waals surface area contributed by atoms with Gasteiger partial charge in [-0.2, -0.15) is 0 Å². The number of hydrogen-bond acceptors (Lipinski definition) is 8. The number of alkyl carbamates (subject to hydrolysis) is 1. The molecule has 2 amide bonds. The Bertz CT molecular complexity index is 1070. The van der Waals surface area contributed by atoms with Crippen molar-refractivity contribution in [3.05, 3.63) is 59.7 Å². The van der Waals surface area contributed by atoms with E-state index in [1.165, 1.54) is 22.3 Å². The van der Waals surface area contributed by atoms with Gasteiger partial charge in [0.05, 0.1) is 52.1 Å². The molecule has 0 heterocycles. The van der Waals surface area contributed by atoms with Gasteiger partial charge in [0.2, 0.25) is 5.91 Å². The molecular weight excluding hydrogens is 530 g/mol. The van der Waals surface area contributed by atoms with Crippen molar-refractivity contribution in [3.8, 4) is 11.1 Å². The summed E-state index contributed by atoms with van der Waals surface area (Å²) in [6.45, 7) is 2.97. The highest BCUT2D eigenvalue weighted by Crippen LogP contribution is 2.44. The Morgan fingerprint density at radius 2 is 1.37 bits per heavy atom. The lowest BCUT2D eigenvalue weighted by Crippen LogP contribution is -2.41. The zero-order chi connectivity index (χ0) is 29.3. The molecule has 1 aliphatic rings. The van der Waals surface area contributed by atoms with Crippen LogP contribution in [-0.2, 0) is 28.5 Å². The summed E-state index contributed by atoms with van der Waals surface area (Å²) < 4.78 is 21.3. The highest BCUT2D eigenvalue weighted by molar-refractivity contribution is 5.81. The van der Waals surface area contributed by atoms with Gasteiger partial charge in [-0.1, -0.05) is 48.5 Å². The molecule has 0 spiro atoms. The lowest BCUT2D eigenvalue weighted by atomic mass is 9.98. The molecule has 0 aromatic heterocycles. The molecule has 1 unspecified atom stereocenters. The fraction of sp³-hybridized carbons (Fsp3) is 0.500. The number of ether oxygens (including phenoxy) is 4. The van der Waals surface area contributed by atoms with Crippen molar-refractivity contribution >= 4 is 18.0 Å². The maximum atomic E-state index is 12.3. The SMILES string of the molecule is NC(CCCCNC(=O)OCC1c2ccccc2-c2ccccc21)C(=O)NCCOCCOCCOCCC(=O)O. The number of fused-ring (bicyclic) bond motifs is 3. The molecule has 2 aromatic carbocycles. The number of aliphatic carboxylic acids is 1. The minimum absolute atomic E-state index is 0.0200. The summed E-state index contributed by atoms with van der Waals surface area (Å²) in [5.41, 5.74) is 10.7. The molecule has 11 nitrogen and oxygen atoms in total. The standard InChI is InChI=1S/C30H41N3O8/c31-27(29(36)32-14-16-39-18-20-40-19-17-38-15-12-28(34)35)11-5-6-13-33-30(37)41-21-26-24-9-3-1-7-22(24)23-8-2-4-10-25(23)26/h1-4,7-10,26-27H,5-6,11-21,31H2,(H,32,36)(H,33,37)(H,34,35). The van der Waals surface area contributed by atoms with Crippen LogP contribution in [0.25, 0.3) is 11.1 Å². The highest BCUT2D eigenvalue weighted by Gasteiger charge is 2.28. The quantitative estimate of drug-likeness (QED) is 0.175. The van der Waals surface area contributed by atoms with Gasteiger partial charge in [-0.05, 0) is 41.5 Å². The molecule has 11 heteroatoms. The average molecular weight is 572 g/mol. The van der Waals surface area contributed by atoms with Crippen LogP contribution in [0.3, 0.4) is 0 Å². The second-order valence-corrected chi connectivity index (χ2v) is 9.63. The number of carbonyl (C=O) groups excluding carboxylic acids is 2. The van der Waals surface area contributed by atoms with E-state index in [2.05, 4.69) is 34.9 Å². The average Bonchev–Trinajstić information content (AvgIpc) is 3.29. The smallest absolute Gasteiger partial charge is 0.407 e. The Kier molecular flexibility index (Phi) is 14.1. The Labute approximate surface area is 240 Å². The lowest BCUT2D eigenvalue weighted by Gasteiger charge is -2.15. The third kappa shape index (κ3) is 11.1. The first-order valence-electron chi connectivity index (χ1n) is 14.0. The molecule has 0 radical (unpaired) electrons.